The van der Waals surface area contributed by atoms with Crippen LogP contribution in [-0.4, -0.2) is 32.1 Å². The van der Waals surface area contributed by atoms with Crippen LogP contribution in [-0.2, 0) is 13.0 Å². The molecule has 2 aromatic rings. The van der Waals surface area contributed by atoms with Gasteiger partial charge in [-0.2, -0.15) is 0 Å². The lowest BCUT2D eigenvalue weighted by molar-refractivity contribution is 0.804. The number of rotatable bonds is 7. The molecule has 1 aliphatic rings. The predicted octanol–water partition coefficient (Wildman–Crippen LogP) is 4.04. The van der Waals surface area contributed by atoms with Crippen LogP contribution in [0.3, 0.4) is 0 Å². The van der Waals surface area contributed by atoms with Gasteiger partial charge in [0, 0.05) is 36.7 Å². The van der Waals surface area contributed by atoms with Gasteiger partial charge in [-0.1, -0.05) is 30.4 Å². The van der Waals surface area contributed by atoms with Crippen molar-refractivity contribution < 1.29 is 0 Å². The van der Waals surface area contributed by atoms with Crippen LogP contribution in [0, 0.1) is 0 Å². The van der Waals surface area contributed by atoms with Gasteiger partial charge in [-0.15, -0.1) is 35.3 Å². The van der Waals surface area contributed by atoms with Gasteiger partial charge in [-0.3, -0.25) is 0 Å². The molecule has 3 rings (SSSR count). The monoisotopic (exact) mass is 482 g/mol. The second kappa shape index (κ2) is 11.2. The first-order valence-corrected chi connectivity index (χ1v) is 9.76. The lowest BCUT2D eigenvalue weighted by Gasteiger charge is -2.17. The number of nitrogens with one attached hydrogen (secondary N) is 2. The smallest absolute Gasteiger partial charge is 0.191 e. The Labute approximate surface area is 177 Å². The summed E-state index contributed by atoms with van der Waals surface area (Å²) in [5.74, 6) is 0.881. The number of halogens is 1. The average molecular weight is 482 g/mol. The van der Waals surface area contributed by atoms with E-state index >= 15 is 0 Å². The Morgan fingerprint density at radius 1 is 1.12 bits per heavy atom. The van der Waals surface area contributed by atoms with E-state index in [0.717, 1.165) is 38.6 Å². The molecular weight excluding hydrogens is 455 g/mol. The van der Waals surface area contributed by atoms with Crippen LogP contribution in [0.5, 0.6) is 0 Å². The molecule has 0 fully saturated rings. The largest absolute Gasteiger partial charge is 0.364 e. The Bertz CT molecular complexity index is 687. The third-order valence-electron chi connectivity index (χ3n) is 4.13. The Morgan fingerprint density at radius 3 is 2.54 bits per heavy atom. The lowest BCUT2D eigenvalue weighted by atomic mass is 10.2. The fourth-order valence-electron chi connectivity index (χ4n) is 2.77. The molecule has 0 radical (unpaired) electrons. The van der Waals surface area contributed by atoms with Crippen molar-refractivity contribution >= 4 is 47.0 Å². The second-order valence-electron chi connectivity index (χ2n) is 5.99. The number of guanidine groups is 1. The quantitative estimate of drug-likeness (QED) is 0.271. The van der Waals surface area contributed by atoms with Gasteiger partial charge in [0.1, 0.15) is 0 Å². The topological polar surface area (TPSA) is 39.7 Å². The summed E-state index contributed by atoms with van der Waals surface area (Å²) in [6, 6.07) is 13.0. The highest BCUT2D eigenvalue weighted by Crippen LogP contribution is 2.17. The van der Waals surface area contributed by atoms with Gasteiger partial charge >= 0.3 is 0 Å². The standard InChI is InChI=1S/C20H26N4S.HI/c1-2-21-20(22-12-11-19-6-5-15-25-19)23-16-17-7-9-18(10-8-17)24-13-3-4-14-24;/h3-10,15H,2,11-14,16H2,1H3,(H2,21,22,23);1H. The Morgan fingerprint density at radius 2 is 1.88 bits per heavy atom. The molecule has 4 nitrogen and oxygen atoms in total. The molecule has 26 heavy (non-hydrogen) atoms. The van der Waals surface area contributed by atoms with E-state index in [1.54, 1.807) is 11.3 Å². The maximum absolute atomic E-state index is 4.70. The number of anilines is 1. The SMILES string of the molecule is CCNC(=NCc1ccc(N2CC=CC2)cc1)NCCc1cccs1.I. The molecule has 1 aliphatic heterocycles. The first-order valence-electron chi connectivity index (χ1n) is 8.88. The van der Waals surface area contributed by atoms with Crippen LogP contribution in [0.2, 0.25) is 0 Å². The minimum absolute atomic E-state index is 0. The highest BCUT2D eigenvalue weighted by molar-refractivity contribution is 14.0. The zero-order valence-electron chi connectivity index (χ0n) is 15.1. The molecule has 1 aromatic heterocycles. The molecule has 1 aromatic carbocycles. The molecule has 6 heteroatoms. The first kappa shape index (κ1) is 20.8. The summed E-state index contributed by atoms with van der Waals surface area (Å²) in [6.45, 7) is 6.56. The molecule has 2 N–H and O–H groups in total. The van der Waals surface area contributed by atoms with Gasteiger partial charge in [0.05, 0.1) is 6.54 Å². The zero-order valence-corrected chi connectivity index (χ0v) is 18.3. The van der Waals surface area contributed by atoms with Crippen molar-refractivity contribution in [2.45, 2.75) is 19.9 Å². The third-order valence-corrected chi connectivity index (χ3v) is 5.06. The van der Waals surface area contributed by atoms with Gasteiger partial charge in [0.25, 0.3) is 0 Å². The fraction of sp³-hybridized carbons (Fsp3) is 0.350. The minimum Gasteiger partial charge on any atom is -0.364 e. The number of benzene rings is 1. The van der Waals surface area contributed by atoms with Crippen LogP contribution in [0.4, 0.5) is 5.69 Å². The van der Waals surface area contributed by atoms with Crippen molar-refractivity contribution in [2.75, 3.05) is 31.1 Å². The van der Waals surface area contributed by atoms with E-state index in [1.807, 2.05) is 0 Å². The Hall–Kier alpha value is -1.54. The molecule has 0 saturated carbocycles. The molecule has 0 aliphatic carbocycles. The molecule has 0 unspecified atom stereocenters. The minimum atomic E-state index is 0. The van der Waals surface area contributed by atoms with Crippen molar-refractivity contribution in [3.8, 4) is 0 Å². The molecular formula is C20H27IN4S. The first-order chi connectivity index (χ1) is 12.3. The molecule has 2 heterocycles. The molecule has 0 atom stereocenters. The average Bonchev–Trinajstić information content (AvgIpc) is 3.34. The van der Waals surface area contributed by atoms with Crippen molar-refractivity contribution in [3.63, 3.8) is 0 Å². The zero-order chi connectivity index (χ0) is 17.3. The summed E-state index contributed by atoms with van der Waals surface area (Å²) in [6.07, 6.45) is 5.45. The van der Waals surface area contributed by atoms with Crippen LogP contribution in [0.15, 0.2) is 58.9 Å². The maximum Gasteiger partial charge on any atom is 0.191 e. The van der Waals surface area contributed by atoms with Crippen molar-refractivity contribution in [2.24, 2.45) is 4.99 Å². The van der Waals surface area contributed by atoms with Gasteiger partial charge in [0.15, 0.2) is 5.96 Å². The van der Waals surface area contributed by atoms with E-state index in [4.69, 9.17) is 4.99 Å². The number of hydrogen-bond donors (Lipinski definition) is 2. The van der Waals surface area contributed by atoms with Crippen LogP contribution in [0.25, 0.3) is 0 Å². The second-order valence-corrected chi connectivity index (χ2v) is 7.03. The van der Waals surface area contributed by atoms with E-state index < -0.39 is 0 Å². The molecule has 0 saturated heterocycles. The fourth-order valence-corrected chi connectivity index (χ4v) is 3.48. The van der Waals surface area contributed by atoms with Crippen molar-refractivity contribution in [1.29, 1.82) is 0 Å². The number of hydrogen-bond acceptors (Lipinski definition) is 3. The summed E-state index contributed by atoms with van der Waals surface area (Å²) in [4.78, 5) is 8.45. The Kier molecular flexibility index (Phi) is 8.97. The van der Waals surface area contributed by atoms with Crippen molar-refractivity contribution in [3.05, 3.63) is 64.4 Å². The summed E-state index contributed by atoms with van der Waals surface area (Å²) >= 11 is 1.80. The van der Waals surface area contributed by atoms with Crippen molar-refractivity contribution in [1.82, 2.24) is 10.6 Å². The maximum atomic E-state index is 4.70. The normalized spacial score (nSPS) is 13.6. The summed E-state index contributed by atoms with van der Waals surface area (Å²) < 4.78 is 0. The van der Waals surface area contributed by atoms with Crippen LogP contribution >= 0.6 is 35.3 Å². The summed E-state index contributed by atoms with van der Waals surface area (Å²) in [5.41, 5.74) is 2.50. The van der Waals surface area contributed by atoms with E-state index in [1.165, 1.54) is 16.1 Å². The van der Waals surface area contributed by atoms with E-state index in [2.05, 4.69) is 76.4 Å². The van der Waals surface area contributed by atoms with Gasteiger partial charge < -0.3 is 15.5 Å². The van der Waals surface area contributed by atoms with E-state index in [-0.39, 0.29) is 24.0 Å². The molecule has 0 amide bonds. The number of nitrogens with zero attached hydrogens (tertiary/aromatic N) is 2. The highest BCUT2D eigenvalue weighted by atomic mass is 127. The van der Waals surface area contributed by atoms with E-state index in [0.29, 0.717) is 6.54 Å². The number of thiophene rings is 1. The Balaban J connectivity index is 0.00000243. The van der Waals surface area contributed by atoms with Gasteiger partial charge in [0.2, 0.25) is 0 Å². The van der Waals surface area contributed by atoms with E-state index in [9.17, 15) is 0 Å². The summed E-state index contributed by atoms with van der Waals surface area (Å²) in [5, 5.41) is 8.85. The molecule has 0 spiro atoms. The highest BCUT2D eigenvalue weighted by Gasteiger charge is 2.07. The predicted molar refractivity (Wildman–Crippen MR) is 124 cm³/mol. The molecule has 0 bridgehead atoms. The van der Waals surface area contributed by atoms with Crippen LogP contribution in [0.1, 0.15) is 17.4 Å². The molecule has 140 valence electrons. The summed E-state index contributed by atoms with van der Waals surface area (Å²) in [7, 11) is 0. The number of aliphatic imine (C=N–C) groups is 1. The lowest BCUT2D eigenvalue weighted by Crippen LogP contribution is -2.38. The van der Waals surface area contributed by atoms with Crippen LogP contribution < -0.4 is 15.5 Å². The van der Waals surface area contributed by atoms with Gasteiger partial charge in [-0.05, 0) is 42.5 Å². The third kappa shape index (κ3) is 6.32. The van der Waals surface area contributed by atoms with Gasteiger partial charge in [-0.25, -0.2) is 4.99 Å².